The number of aryl methyl sites for hydroxylation is 1. The van der Waals surface area contributed by atoms with Crippen LogP contribution in [0, 0.1) is 40.9 Å². The Kier molecular flexibility index (Phi) is 8.10. The maximum Gasteiger partial charge on any atom is 0.148 e. The van der Waals surface area contributed by atoms with Gasteiger partial charge in [0, 0.05) is 18.8 Å². The Hall–Kier alpha value is -2.77. The zero-order chi connectivity index (χ0) is 17.9. The molecule has 0 aliphatic carbocycles. The molecule has 1 aromatic rings. The van der Waals surface area contributed by atoms with E-state index in [1.165, 1.54) is 0 Å². The summed E-state index contributed by atoms with van der Waals surface area (Å²) in [6, 6.07) is 11.5. The van der Waals surface area contributed by atoms with E-state index < -0.39 is 0 Å². The average molecular weight is 320 g/mol. The van der Waals surface area contributed by atoms with Gasteiger partial charge in [0.1, 0.15) is 23.8 Å². The number of hydrogen-bond acceptors (Lipinski definition) is 4. The highest BCUT2D eigenvalue weighted by molar-refractivity contribution is 5.86. The molecule has 4 heteroatoms. The minimum atomic E-state index is -0.137. The van der Waals surface area contributed by atoms with Gasteiger partial charge in [0.05, 0.1) is 5.57 Å². The molecular weight excluding hydrogens is 296 g/mol. The van der Waals surface area contributed by atoms with Crippen LogP contribution in [0.4, 0.5) is 5.69 Å². The molecule has 0 saturated heterocycles. The Morgan fingerprint density at radius 1 is 0.958 bits per heavy atom. The lowest BCUT2D eigenvalue weighted by Crippen LogP contribution is -2.25. The lowest BCUT2D eigenvalue weighted by molar-refractivity contribution is 0.678. The molecule has 0 atom stereocenters. The molecule has 0 fully saturated rings. The number of allylic oxidation sites excluding steroid dienone is 2. The van der Waals surface area contributed by atoms with Gasteiger partial charge < -0.3 is 4.90 Å². The van der Waals surface area contributed by atoms with Crippen molar-refractivity contribution >= 4 is 11.3 Å². The van der Waals surface area contributed by atoms with Crippen LogP contribution in [0.15, 0.2) is 23.8 Å². The van der Waals surface area contributed by atoms with Crippen molar-refractivity contribution in [3.05, 3.63) is 34.9 Å². The Labute approximate surface area is 145 Å². The molecule has 0 spiro atoms. The average Bonchev–Trinajstić information content (AvgIpc) is 2.60. The van der Waals surface area contributed by atoms with E-state index in [0.29, 0.717) is 5.56 Å². The molecule has 0 saturated carbocycles. The quantitative estimate of drug-likeness (QED) is 0.649. The van der Waals surface area contributed by atoms with Crippen LogP contribution in [0.3, 0.4) is 0 Å². The Balaban J connectivity index is 3.22. The second kappa shape index (κ2) is 10.1. The van der Waals surface area contributed by atoms with E-state index in [1.54, 1.807) is 0 Å². The van der Waals surface area contributed by atoms with E-state index in [4.69, 9.17) is 10.5 Å². The van der Waals surface area contributed by atoms with Gasteiger partial charge in [0.15, 0.2) is 0 Å². The molecule has 4 nitrogen and oxygen atoms in total. The first-order valence-corrected chi connectivity index (χ1v) is 8.43. The number of anilines is 1. The Morgan fingerprint density at radius 2 is 1.54 bits per heavy atom. The fourth-order valence-corrected chi connectivity index (χ4v) is 2.58. The molecule has 0 aromatic heterocycles. The summed E-state index contributed by atoms with van der Waals surface area (Å²) in [5.74, 6) is 0. The SMILES string of the molecule is CCCCN(CCCC)c1ccc(C(C#N)=C(C#N)C#N)c(C)c1. The smallest absolute Gasteiger partial charge is 0.148 e. The zero-order valence-corrected chi connectivity index (χ0v) is 14.8. The van der Waals surface area contributed by atoms with Gasteiger partial charge in [-0.25, -0.2) is 0 Å². The van der Waals surface area contributed by atoms with E-state index in [0.717, 1.165) is 50.0 Å². The summed E-state index contributed by atoms with van der Waals surface area (Å²) in [6.45, 7) is 8.30. The fraction of sp³-hybridized carbons (Fsp3) is 0.450. The maximum atomic E-state index is 9.33. The summed E-state index contributed by atoms with van der Waals surface area (Å²) in [7, 11) is 0. The molecule has 0 heterocycles. The highest BCUT2D eigenvalue weighted by atomic mass is 15.1. The van der Waals surface area contributed by atoms with Gasteiger partial charge in [-0.1, -0.05) is 32.8 Å². The summed E-state index contributed by atoms with van der Waals surface area (Å²) in [5, 5.41) is 27.4. The van der Waals surface area contributed by atoms with E-state index in [9.17, 15) is 5.26 Å². The standard InChI is InChI=1S/C20H24N4/c1-4-6-10-24(11-7-5-2)18-8-9-19(16(3)12-18)20(15-23)17(13-21)14-22/h8-9,12H,4-7,10-11H2,1-3H3. The summed E-state index contributed by atoms with van der Waals surface area (Å²) < 4.78 is 0. The van der Waals surface area contributed by atoms with Crippen molar-refractivity contribution in [2.24, 2.45) is 0 Å². The lowest BCUT2D eigenvalue weighted by atomic mass is 9.97. The van der Waals surface area contributed by atoms with Crippen molar-refractivity contribution in [3.63, 3.8) is 0 Å². The minimum Gasteiger partial charge on any atom is -0.372 e. The Bertz CT molecular complexity index is 687. The molecule has 24 heavy (non-hydrogen) atoms. The van der Waals surface area contributed by atoms with Crippen molar-refractivity contribution in [1.82, 2.24) is 0 Å². The van der Waals surface area contributed by atoms with Gasteiger partial charge >= 0.3 is 0 Å². The third-order valence-corrected chi connectivity index (χ3v) is 3.99. The molecule has 0 radical (unpaired) electrons. The number of nitriles is 3. The van der Waals surface area contributed by atoms with Crippen LogP contribution >= 0.6 is 0 Å². The van der Waals surface area contributed by atoms with Gasteiger partial charge in [-0.15, -0.1) is 0 Å². The van der Waals surface area contributed by atoms with Crippen LogP contribution in [0.25, 0.3) is 5.57 Å². The van der Waals surface area contributed by atoms with Crippen LogP contribution < -0.4 is 4.90 Å². The largest absolute Gasteiger partial charge is 0.372 e. The van der Waals surface area contributed by atoms with Gasteiger partial charge in [-0.2, -0.15) is 15.8 Å². The second-order valence-electron chi connectivity index (χ2n) is 5.78. The van der Waals surface area contributed by atoms with Crippen LogP contribution in [0.2, 0.25) is 0 Å². The molecule has 124 valence electrons. The highest BCUT2D eigenvalue weighted by Crippen LogP contribution is 2.26. The van der Waals surface area contributed by atoms with E-state index in [-0.39, 0.29) is 11.1 Å². The van der Waals surface area contributed by atoms with Gasteiger partial charge in [0.25, 0.3) is 0 Å². The normalized spacial score (nSPS) is 9.50. The van der Waals surface area contributed by atoms with Crippen LogP contribution in [-0.2, 0) is 0 Å². The summed E-state index contributed by atoms with van der Waals surface area (Å²) >= 11 is 0. The number of benzene rings is 1. The minimum absolute atomic E-state index is 0.137. The molecule has 0 amide bonds. The fourth-order valence-electron chi connectivity index (χ4n) is 2.58. The van der Waals surface area contributed by atoms with E-state index >= 15 is 0 Å². The predicted molar refractivity (Wildman–Crippen MR) is 97.0 cm³/mol. The van der Waals surface area contributed by atoms with Gasteiger partial charge in [-0.3, -0.25) is 0 Å². The third-order valence-electron chi connectivity index (χ3n) is 3.99. The van der Waals surface area contributed by atoms with Gasteiger partial charge in [-0.05, 0) is 43.0 Å². The van der Waals surface area contributed by atoms with Crippen molar-refractivity contribution in [2.45, 2.75) is 46.5 Å². The first-order valence-electron chi connectivity index (χ1n) is 8.43. The van der Waals surface area contributed by atoms with Crippen molar-refractivity contribution in [2.75, 3.05) is 18.0 Å². The van der Waals surface area contributed by atoms with Crippen molar-refractivity contribution in [3.8, 4) is 18.2 Å². The summed E-state index contributed by atoms with van der Waals surface area (Å²) in [6.07, 6.45) is 4.57. The molecular formula is C20H24N4. The molecule has 1 aromatic carbocycles. The van der Waals surface area contributed by atoms with Gasteiger partial charge in [0.2, 0.25) is 0 Å². The molecule has 0 N–H and O–H groups in total. The first-order chi connectivity index (χ1) is 11.6. The van der Waals surface area contributed by atoms with Crippen LogP contribution in [-0.4, -0.2) is 13.1 Å². The molecule has 1 rings (SSSR count). The van der Waals surface area contributed by atoms with E-state index in [1.807, 2.05) is 43.3 Å². The van der Waals surface area contributed by atoms with Crippen LogP contribution in [0.1, 0.15) is 50.7 Å². The monoisotopic (exact) mass is 320 g/mol. The van der Waals surface area contributed by atoms with Crippen LogP contribution in [0.5, 0.6) is 0 Å². The third kappa shape index (κ3) is 4.87. The molecule has 0 bridgehead atoms. The summed E-state index contributed by atoms with van der Waals surface area (Å²) in [4.78, 5) is 2.37. The highest BCUT2D eigenvalue weighted by Gasteiger charge is 2.13. The topological polar surface area (TPSA) is 74.6 Å². The number of nitrogens with zero attached hydrogens (tertiary/aromatic N) is 4. The molecule has 0 aliphatic rings. The lowest BCUT2D eigenvalue weighted by Gasteiger charge is -2.25. The predicted octanol–water partition coefficient (Wildman–Crippen LogP) is 4.73. The second-order valence-corrected chi connectivity index (χ2v) is 5.78. The van der Waals surface area contributed by atoms with E-state index in [2.05, 4.69) is 18.7 Å². The van der Waals surface area contributed by atoms with Crippen molar-refractivity contribution in [1.29, 1.82) is 15.8 Å². The summed E-state index contributed by atoms with van der Waals surface area (Å²) in [5.41, 5.74) is 2.71. The number of hydrogen-bond donors (Lipinski definition) is 0. The zero-order valence-electron chi connectivity index (χ0n) is 14.8. The maximum absolute atomic E-state index is 9.33. The molecule has 0 aliphatic heterocycles. The molecule has 0 unspecified atom stereocenters. The first kappa shape index (κ1) is 19.3. The number of rotatable bonds is 8. The number of unbranched alkanes of at least 4 members (excludes halogenated alkanes) is 2. The van der Waals surface area contributed by atoms with Crippen molar-refractivity contribution < 1.29 is 0 Å². The Morgan fingerprint density at radius 3 is 1.96 bits per heavy atom.